The van der Waals surface area contributed by atoms with Gasteiger partial charge in [0.1, 0.15) is 0 Å². The molecule has 0 bridgehead atoms. The standard InChI is InChI=1S/C28H46O2/c1-18(9-10-19(2)26(4,5)30)24-11-12-25-21(8-7-13-27(24,25)6)14-20(3)28-16-22(28)15-23(29)17-28/h9-10,14,18-20,22-25,29-30H,7-8,11-13,15-17H2,1-6H3/b10-9+,21-14+/t18-,19+,20?,22?,23+,24?,25+,27-,28?/m1/s1. The van der Waals surface area contributed by atoms with Gasteiger partial charge in [-0.2, -0.15) is 0 Å². The van der Waals surface area contributed by atoms with E-state index in [0.29, 0.717) is 22.7 Å². The maximum atomic E-state index is 10.3. The van der Waals surface area contributed by atoms with Crippen molar-refractivity contribution in [3.8, 4) is 0 Å². The van der Waals surface area contributed by atoms with Gasteiger partial charge in [-0.15, -0.1) is 0 Å². The summed E-state index contributed by atoms with van der Waals surface area (Å²) in [5.41, 5.74) is 1.95. The lowest BCUT2D eigenvalue weighted by molar-refractivity contribution is 0.0436. The first-order valence-electron chi connectivity index (χ1n) is 12.8. The van der Waals surface area contributed by atoms with Crippen LogP contribution in [0.2, 0.25) is 0 Å². The number of aliphatic hydroxyl groups is 2. The molecule has 0 saturated heterocycles. The minimum absolute atomic E-state index is 0.0454. The highest BCUT2D eigenvalue weighted by Gasteiger charge is 2.62. The van der Waals surface area contributed by atoms with Gasteiger partial charge in [0.15, 0.2) is 0 Å². The maximum absolute atomic E-state index is 10.3. The minimum Gasteiger partial charge on any atom is -0.393 e. The van der Waals surface area contributed by atoms with Crippen LogP contribution in [0.5, 0.6) is 0 Å². The topological polar surface area (TPSA) is 40.5 Å². The van der Waals surface area contributed by atoms with Crippen LogP contribution in [0, 0.1) is 46.3 Å². The van der Waals surface area contributed by atoms with Gasteiger partial charge in [0.25, 0.3) is 0 Å². The summed E-state index contributed by atoms with van der Waals surface area (Å²) in [5.74, 6) is 3.65. The Balaban J connectivity index is 1.47. The van der Waals surface area contributed by atoms with Crippen LogP contribution in [0.4, 0.5) is 0 Å². The Hall–Kier alpha value is -0.600. The monoisotopic (exact) mass is 414 g/mol. The van der Waals surface area contributed by atoms with E-state index in [4.69, 9.17) is 0 Å². The van der Waals surface area contributed by atoms with Gasteiger partial charge in [-0.05, 0) is 106 Å². The van der Waals surface area contributed by atoms with E-state index in [1.54, 1.807) is 5.57 Å². The normalized spacial score (nSPS) is 45.4. The third-order valence-electron chi connectivity index (χ3n) is 10.3. The lowest BCUT2D eigenvalue weighted by Crippen LogP contribution is -2.36. The predicted molar refractivity (Wildman–Crippen MR) is 125 cm³/mol. The van der Waals surface area contributed by atoms with Crippen molar-refractivity contribution in [2.24, 2.45) is 46.3 Å². The molecule has 0 radical (unpaired) electrons. The molecule has 0 aromatic rings. The SMILES string of the molecule is CC(/C=C1\CCC[C@]2(C)C([C@H](C)/C=C/[C@H](C)C(C)(C)O)CC[C@@H]12)C12CC1C[C@H](O)C2. The second kappa shape index (κ2) is 7.77. The molecule has 2 N–H and O–H groups in total. The molecule has 2 nitrogen and oxygen atoms in total. The summed E-state index contributed by atoms with van der Waals surface area (Å²) in [5, 5.41) is 20.4. The van der Waals surface area contributed by atoms with Crippen LogP contribution in [0.1, 0.15) is 92.9 Å². The van der Waals surface area contributed by atoms with E-state index in [1.807, 2.05) is 13.8 Å². The smallest absolute Gasteiger partial charge is 0.0651 e. The first-order valence-corrected chi connectivity index (χ1v) is 12.8. The van der Waals surface area contributed by atoms with Crippen LogP contribution in [-0.4, -0.2) is 21.9 Å². The molecule has 0 aliphatic heterocycles. The zero-order valence-corrected chi connectivity index (χ0v) is 20.3. The number of fused-ring (bicyclic) bond motifs is 2. The van der Waals surface area contributed by atoms with Crippen LogP contribution >= 0.6 is 0 Å². The molecule has 0 aromatic heterocycles. The summed E-state index contributed by atoms with van der Waals surface area (Å²) in [6, 6.07) is 0. The van der Waals surface area contributed by atoms with E-state index in [-0.39, 0.29) is 12.0 Å². The summed E-state index contributed by atoms with van der Waals surface area (Å²) >= 11 is 0. The summed E-state index contributed by atoms with van der Waals surface area (Å²) < 4.78 is 0. The van der Waals surface area contributed by atoms with Gasteiger partial charge >= 0.3 is 0 Å². The summed E-state index contributed by atoms with van der Waals surface area (Å²) in [7, 11) is 0. The van der Waals surface area contributed by atoms with Crippen molar-refractivity contribution in [1.29, 1.82) is 0 Å². The maximum Gasteiger partial charge on any atom is 0.0651 e. The fourth-order valence-electron chi connectivity index (χ4n) is 7.90. The molecule has 170 valence electrons. The number of hydrogen-bond donors (Lipinski definition) is 2. The number of aliphatic hydroxyl groups excluding tert-OH is 1. The Bertz CT molecular complexity index is 700. The Morgan fingerprint density at radius 1 is 1.10 bits per heavy atom. The van der Waals surface area contributed by atoms with Gasteiger partial charge in [-0.3, -0.25) is 0 Å². The predicted octanol–water partition coefficient (Wildman–Crippen LogP) is 6.53. The molecule has 0 heterocycles. The van der Waals surface area contributed by atoms with Gasteiger partial charge in [0.2, 0.25) is 0 Å². The van der Waals surface area contributed by atoms with Crippen molar-refractivity contribution in [1.82, 2.24) is 0 Å². The second-order valence-electron chi connectivity index (χ2n) is 12.5. The van der Waals surface area contributed by atoms with E-state index >= 15 is 0 Å². The van der Waals surface area contributed by atoms with Gasteiger partial charge < -0.3 is 10.2 Å². The van der Waals surface area contributed by atoms with Crippen LogP contribution in [-0.2, 0) is 0 Å². The molecule has 0 aromatic carbocycles. The van der Waals surface area contributed by atoms with E-state index in [1.165, 1.54) is 38.5 Å². The molecular weight excluding hydrogens is 368 g/mol. The fourth-order valence-corrected chi connectivity index (χ4v) is 7.90. The molecule has 9 atom stereocenters. The van der Waals surface area contributed by atoms with Crippen molar-refractivity contribution < 1.29 is 10.2 Å². The largest absolute Gasteiger partial charge is 0.393 e. The molecule has 4 aliphatic rings. The van der Waals surface area contributed by atoms with Gasteiger partial charge in [-0.1, -0.05) is 51.5 Å². The Kier molecular flexibility index (Phi) is 5.85. The Morgan fingerprint density at radius 2 is 1.83 bits per heavy atom. The molecule has 4 fully saturated rings. The van der Waals surface area contributed by atoms with Crippen LogP contribution in [0.25, 0.3) is 0 Å². The molecular formula is C28H46O2. The van der Waals surface area contributed by atoms with Gasteiger partial charge in [-0.25, -0.2) is 0 Å². The molecule has 0 spiro atoms. The zero-order valence-electron chi connectivity index (χ0n) is 20.3. The Labute approximate surface area is 185 Å². The quantitative estimate of drug-likeness (QED) is 0.485. The lowest BCUT2D eigenvalue weighted by atomic mass is 9.60. The minimum atomic E-state index is -0.650. The third kappa shape index (κ3) is 3.85. The van der Waals surface area contributed by atoms with E-state index in [0.717, 1.165) is 30.6 Å². The molecule has 4 unspecified atom stereocenters. The number of allylic oxidation sites excluding steroid dienone is 3. The van der Waals surface area contributed by atoms with Crippen molar-refractivity contribution in [2.75, 3.05) is 0 Å². The molecule has 2 heteroatoms. The van der Waals surface area contributed by atoms with Crippen molar-refractivity contribution in [3.05, 3.63) is 23.8 Å². The number of rotatable bonds is 6. The highest BCUT2D eigenvalue weighted by Crippen LogP contribution is 2.68. The third-order valence-corrected chi connectivity index (χ3v) is 10.3. The van der Waals surface area contributed by atoms with Crippen LogP contribution in [0.15, 0.2) is 23.8 Å². The molecule has 30 heavy (non-hydrogen) atoms. The van der Waals surface area contributed by atoms with Crippen LogP contribution < -0.4 is 0 Å². The summed E-state index contributed by atoms with van der Waals surface area (Å²) in [6.45, 7) is 13.4. The average molecular weight is 415 g/mol. The summed E-state index contributed by atoms with van der Waals surface area (Å²) in [6.07, 6.45) is 17.4. The second-order valence-corrected chi connectivity index (χ2v) is 12.5. The van der Waals surface area contributed by atoms with E-state index in [9.17, 15) is 10.2 Å². The highest BCUT2D eigenvalue weighted by atomic mass is 16.3. The van der Waals surface area contributed by atoms with Crippen LogP contribution in [0.3, 0.4) is 0 Å². The first-order chi connectivity index (χ1) is 14.0. The van der Waals surface area contributed by atoms with Crippen molar-refractivity contribution in [2.45, 2.75) is 105 Å². The molecule has 4 saturated carbocycles. The van der Waals surface area contributed by atoms with Gasteiger partial charge in [0.05, 0.1) is 11.7 Å². The van der Waals surface area contributed by atoms with E-state index < -0.39 is 5.60 Å². The average Bonchev–Trinajstić information content (AvgIpc) is 3.04. The van der Waals surface area contributed by atoms with E-state index in [2.05, 4.69) is 45.9 Å². The van der Waals surface area contributed by atoms with Gasteiger partial charge in [0, 0.05) is 5.92 Å². The molecule has 4 aliphatic carbocycles. The summed E-state index contributed by atoms with van der Waals surface area (Å²) in [4.78, 5) is 0. The molecule has 4 rings (SSSR count). The van der Waals surface area contributed by atoms with Crippen molar-refractivity contribution in [3.63, 3.8) is 0 Å². The number of hydrogen-bond acceptors (Lipinski definition) is 2. The van der Waals surface area contributed by atoms with Crippen molar-refractivity contribution >= 4 is 0 Å². The highest BCUT2D eigenvalue weighted by molar-refractivity contribution is 5.24. The Morgan fingerprint density at radius 3 is 2.47 bits per heavy atom. The zero-order chi connectivity index (χ0) is 21.9. The fraction of sp³-hybridized carbons (Fsp3) is 0.857. The lowest BCUT2D eigenvalue weighted by Gasteiger charge is -2.44. The molecule has 0 amide bonds. The first kappa shape index (κ1) is 22.6.